The van der Waals surface area contributed by atoms with Gasteiger partial charge in [-0.3, -0.25) is 4.79 Å². The van der Waals surface area contributed by atoms with Crippen LogP contribution in [0, 0.1) is 5.92 Å². The van der Waals surface area contributed by atoms with Crippen molar-refractivity contribution in [3.63, 3.8) is 0 Å². The van der Waals surface area contributed by atoms with Crippen molar-refractivity contribution in [2.75, 3.05) is 0 Å². The van der Waals surface area contributed by atoms with Crippen molar-refractivity contribution in [1.82, 2.24) is 5.32 Å². The third kappa shape index (κ3) is 4.78. The number of rotatable bonds is 7. The highest BCUT2D eigenvalue weighted by Crippen LogP contribution is 2.33. The molecule has 5 nitrogen and oxygen atoms in total. The summed E-state index contributed by atoms with van der Waals surface area (Å²) in [6, 6.07) is 3.79. The summed E-state index contributed by atoms with van der Waals surface area (Å²) in [5.74, 6) is -0.804. The number of carboxylic acids is 1. The lowest BCUT2D eigenvalue weighted by atomic mass is 10.1. The number of halogens is 2. The van der Waals surface area contributed by atoms with Gasteiger partial charge in [-0.15, -0.1) is 0 Å². The maximum atomic E-state index is 12.1. The minimum absolute atomic E-state index is 0.292. The lowest BCUT2D eigenvalue weighted by molar-refractivity contribution is -0.143. The average molecular weight is 346 g/mol. The highest BCUT2D eigenvalue weighted by molar-refractivity contribution is 6.35. The summed E-state index contributed by atoms with van der Waals surface area (Å²) in [7, 11) is 0. The zero-order valence-electron chi connectivity index (χ0n) is 12.0. The maximum absolute atomic E-state index is 12.1. The van der Waals surface area contributed by atoms with E-state index in [2.05, 4.69) is 5.32 Å². The Bertz CT molecular complexity index is 575. The third-order valence-electron chi connectivity index (χ3n) is 3.45. The van der Waals surface area contributed by atoms with Crippen LogP contribution in [0.3, 0.4) is 0 Å². The third-order valence-corrected chi connectivity index (χ3v) is 3.98. The highest BCUT2D eigenvalue weighted by atomic mass is 35.5. The lowest BCUT2D eigenvalue weighted by Crippen LogP contribution is -2.46. The Labute approximate surface area is 138 Å². The molecular formula is C15H17Cl2NO4. The second kappa shape index (κ2) is 7.20. The zero-order chi connectivity index (χ0) is 16.3. The van der Waals surface area contributed by atoms with Crippen molar-refractivity contribution in [2.45, 2.75) is 38.3 Å². The summed E-state index contributed by atoms with van der Waals surface area (Å²) in [6.45, 7) is 1.54. The van der Waals surface area contributed by atoms with Crippen LogP contribution in [0.2, 0.25) is 10.0 Å². The number of aliphatic carboxylic acids is 1. The summed E-state index contributed by atoms with van der Waals surface area (Å²) < 4.78 is 5.47. The van der Waals surface area contributed by atoms with Gasteiger partial charge in [0.1, 0.15) is 11.8 Å². The number of ether oxygens (including phenoxy) is 1. The van der Waals surface area contributed by atoms with Gasteiger partial charge in [-0.1, -0.05) is 36.0 Å². The Hall–Kier alpha value is -1.46. The van der Waals surface area contributed by atoms with E-state index < -0.39 is 24.0 Å². The summed E-state index contributed by atoms with van der Waals surface area (Å²) in [5.41, 5.74) is 0. The van der Waals surface area contributed by atoms with Crippen LogP contribution < -0.4 is 10.1 Å². The van der Waals surface area contributed by atoms with Crippen LogP contribution in [0.25, 0.3) is 0 Å². The van der Waals surface area contributed by atoms with Gasteiger partial charge in [-0.25, -0.2) is 4.79 Å². The van der Waals surface area contributed by atoms with Gasteiger partial charge in [-0.05, 0) is 37.5 Å². The first-order valence-electron chi connectivity index (χ1n) is 7.01. The van der Waals surface area contributed by atoms with Crippen molar-refractivity contribution >= 4 is 35.1 Å². The molecular weight excluding hydrogens is 329 g/mol. The van der Waals surface area contributed by atoms with E-state index in [1.54, 1.807) is 12.1 Å². The second-order valence-electron chi connectivity index (χ2n) is 5.41. The fraction of sp³-hybridized carbons (Fsp3) is 0.467. The molecule has 1 saturated carbocycles. The predicted molar refractivity (Wildman–Crippen MR) is 83.5 cm³/mol. The molecule has 0 saturated heterocycles. The molecule has 120 valence electrons. The van der Waals surface area contributed by atoms with Gasteiger partial charge in [0.15, 0.2) is 6.10 Å². The largest absolute Gasteiger partial charge is 0.480 e. The molecule has 1 aliphatic carbocycles. The van der Waals surface area contributed by atoms with E-state index in [1.165, 1.54) is 13.0 Å². The van der Waals surface area contributed by atoms with Crippen LogP contribution in [0.4, 0.5) is 0 Å². The van der Waals surface area contributed by atoms with Crippen molar-refractivity contribution in [3.8, 4) is 5.75 Å². The van der Waals surface area contributed by atoms with Gasteiger partial charge in [0.05, 0.1) is 5.02 Å². The Morgan fingerprint density at radius 1 is 1.41 bits per heavy atom. The van der Waals surface area contributed by atoms with Crippen molar-refractivity contribution < 1.29 is 19.4 Å². The van der Waals surface area contributed by atoms with Gasteiger partial charge in [0.2, 0.25) is 0 Å². The molecule has 1 aromatic rings. The van der Waals surface area contributed by atoms with Crippen molar-refractivity contribution in [1.29, 1.82) is 0 Å². The molecule has 2 atom stereocenters. The van der Waals surface area contributed by atoms with E-state index in [-0.39, 0.29) is 0 Å². The van der Waals surface area contributed by atoms with Crippen LogP contribution in [0.1, 0.15) is 26.2 Å². The molecule has 1 aliphatic rings. The Balaban J connectivity index is 1.94. The fourth-order valence-electron chi connectivity index (χ4n) is 2.01. The van der Waals surface area contributed by atoms with Crippen LogP contribution >= 0.6 is 23.2 Å². The molecule has 0 spiro atoms. The summed E-state index contributed by atoms with van der Waals surface area (Å²) in [6.07, 6.45) is 1.63. The highest BCUT2D eigenvalue weighted by Gasteiger charge is 2.31. The minimum Gasteiger partial charge on any atom is -0.480 e. The van der Waals surface area contributed by atoms with E-state index in [1.807, 2.05) is 0 Å². The summed E-state index contributed by atoms with van der Waals surface area (Å²) >= 11 is 11.8. The van der Waals surface area contributed by atoms with E-state index in [0.717, 1.165) is 12.8 Å². The number of carbonyl (C=O) groups excluding carboxylic acids is 1. The molecule has 22 heavy (non-hydrogen) atoms. The van der Waals surface area contributed by atoms with Crippen LogP contribution in [0.5, 0.6) is 5.75 Å². The van der Waals surface area contributed by atoms with E-state index in [4.69, 9.17) is 33.0 Å². The van der Waals surface area contributed by atoms with Gasteiger partial charge in [0.25, 0.3) is 5.91 Å². The average Bonchev–Trinajstić information content (AvgIpc) is 3.24. The van der Waals surface area contributed by atoms with Crippen molar-refractivity contribution in [2.24, 2.45) is 5.92 Å². The van der Waals surface area contributed by atoms with Crippen molar-refractivity contribution in [3.05, 3.63) is 28.2 Å². The molecule has 1 amide bonds. The van der Waals surface area contributed by atoms with Crippen LogP contribution in [0.15, 0.2) is 18.2 Å². The molecule has 0 aromatic heterocycles. The Morgan fingerprint density at radius 3 is 2.64 bits per heavy atom. The molecule has 1 fully saturated rings. The topological polar surface area (TPSA) is 75.6 Å². The minimum atomic E-state index is -1.03. The molecule has 0 bridgehead atoms. The van der Waals surface area contributed by atoms with Gasteiger partial charge in [-0.2, -0.15) is 0 Å². The number of hydrogen-bond acceptors (Lipinski definition) is 3. The molecule has 0 radical (unpaired) electrons. The second-order valence-corrected chi connectivity index (χ2v) is 6.26. The number of amides is 1. The first-order chi connectivity index (χ1) is 10.4. The molecule has 1 aromatic carbocycles. The lowest BCUT2D eigenvalue weighted by Gasteiger charge is -2.19. The summed E-state index contributed by atoms with van der Waals surface area (Å²) in [5, 5.41) is 12.4. The monoisotopic (exact) mass is 345 g/mol. The molecule has 0 aliphatic heterocycles. The Kier molecular flexibility index (Phi) is 5.53. The smallest absolute Gasteiger partial charge is 0.326 e. The predicted octanol–water partition coefficient (Wildman–Crippen LogP) is 3.13. The maximum Gasteiger partial charge on any atom is 0.326 e. The normalized spacial score (nSPS) is 16.7. The van der Waals surface area contributed by atoms with Gasteiger partial charge < -0.3 is 15.2 Å². The molecule has 0 heterocycles. The van der Waals surface area contributed by atoms with E-state index >= 15 is 0 Å². The number of hydrogen-bond donors (Lipinski definition) is 2. The first kappa shape index (κ1) is 16.9. The number of carboxylic acid groups (broad SMARTS) is 1. The van der Waals surface area contributed by atoms with Crippen LogP contribution in [-0.2, 0) is 9.59 Å². The van der Waals surface area contributed by atoms with Gasteiger partial charge in [0, 0.05) is 5.02 Å². The van der Waals surface area contributed by atoms with E-state index in [9.17, 15) is 9.59 Å². The summed E-state index contributed by atoms with van der Waals surface area (Å²) in [4.78, 5) is 23.3. The number of carbonyl (C=O) groups is 2. The standard InChI is InChI=1S/C15H17Cl2NO4/c1-8(22-13-5-4-10(16)7-11(13)17)14(19)18-12(15(20)21)6-9-2-3-9/h4-5,7-9,12H,2-3,6H2,1H3,(H,18,19)(H,20,21). The van der Waals surface area contributed by atoms with E-state index in [0.29, 0.717) is 28.1 Å². The molecule has 7 heteroatoms. The quantitative estimate of drug-likeness (QED) is 0.795. The molecule has 2 unspecified atom stereocenters. The Morgan fingerprint density at radius 2 is 2.09 bits per heavy atom. The SMILES string of the molecule is CC(Oc1ccc(Cl)cc1Cl)C(=O)NC(CC1CC1)C(=O)O. The number of nitrogens with one attached hydrogen (secondary N) is 1. The zero-order valence-corrected chi connectivity index (χ0v) is 13.5. The van der Waals surface area contributed by atoms with Crippen LogP contribution in [-0.4, -0.2) is 29.1 Å². The van der Waals surface area contributed by atoms with Gasteiger partial charge >= 0.3 is 5.97 Å². The fourth-order valence-corrected chi connectivity index (χ4v) is 2.47. The molecule has 2 rings (SSSR count). The molecule has 2 N–H and O–H groups in total. The number of benzene rings is 1. The first-order valence-corrected chi connectivity index (χ1v) is 7.77.